The van der Waals surface area contributed by atoms with E-state index in [1.54, 1.807) is 54.8 Å². The van der Waals surface area contributed by atoms with E-state index in [2.05, 4.69) is 15.4 Å². The first-order chi connectivity index (χ1) is 15.6. The average Bonchev–Trinajstić information content (AvgIpc) is 2.76. The van der Waals surface area contributed by atoms with Crippen LogP contribution in [0.1, 0.15) is 30.9 Å². The number of amides is 1. The molecular formula is C23H27N5O4S. The van der Waals surface area contributed by atoms with Crippen molar-refractivity contribution in [1.82, 2.24) is 15.4 Å². The van der Waals surface area contributed by atoms with E-state index in [1.807, 2.05) is 6.92 Å². The highest BCUT2D eigenvalue weighted by atomic mass is 32.2. The van der Waals surface area contributed by atoms with Crippen LogP contribution in [0, 0.1) is 5.41 Å². The van der Waals surface area contributed by atoms with Crippen molar-refractivity contribution in [1.29, 1.82) is 5.41 Å². The van der Waals surface area contributed by atoms with Gasteiger partial charge in [0.1, 0.15) is 12.0 Å². The number of carbonyl (C=O) groups excluding carboxylic acids is 2. The number of nitrogens with two attached hydrogens (primary N) is 1. The predicted octanol–water partition coefficient (Wildman–Crippen LogP) is 1.11. The molecule has 0 saturated heterocycles. The normalized spacial score (nSPS) is 18.0. The molecule has 10 heteroatoms. The third-order valence-corrected chi connectivity index (χ3v) is 6.45. The molecule has 1 aromatic carbocycles. The standard InChI is InChI=1S/C23H27N5O4S/c1-15-4-7-19(20(29)11-15)14-33(31,32)28-23-18(3-2-10-26-23)12-21(30)27-13-16-5-8-17(9-6-16)22(24)25/h2-10,23,26,28H,11-14H2,1H3,(H3,24,25)(H,27,30). The van der Waals surface area contributed by atoms with Crippen LogP contribution in [0.2, 0.25) is 0 Å². The van der Waals surface area contributed by atoms with Gasteiger partial charge in [-0.15, -0.1) is 0 Å². The zero-order valence-electron chi connectivity index (χ0n) is 18.2. The molecule has 1 aliphatic heterocycles. The summed E-state index contributed by atoms with van der Waals surface area (Å²) in [5.41, 5.74) is 8.55. The van der Waals surface area contributed by atoms with Crippen molar-refractivity contribution in [3.63, 3.8) is 0 Å². The number of carbonyl (C=O) groups is 2. The first-order valence-corrected chi connectivity index (χ1v) is 12.0. The second-order valence-corrected chi connectivity index (χ2v) is 9.70. The van der Waals surface area contributed by atoms with E-state index in [0.29, 0.717) is 11.1 Å². The average molecular weight is 470 g/mol. The number of rotatable bonds is 9. The summed E-state index contributed by atoms with van der Waals surface area (Å²) in [6.45, 7) is 2.10. The fraction of sp³-hybridized carbons (Fsp3) is 0.261. The number of nitrogens with one attached hydrogen (secondary N) is 4. The number of benzene rings is 1. The van der Waals surface area contributed by atoms with E-state index >= 15 is 0 Å². The number of Topliss-reactive ketones (excluding diaryl/α,β-unsaturated/α-hetero) is 1. The summed E-state index contributed by atoms with van der Waals surface area (Å²) in [7, 11) is -3.83. The number of allylic oxidation sites excluding steroid dienone is 5. The lowest BCUT2D eigenvalue weighted by Crippen LogP contribution is -2.47. The van der Waals surface area contributed by atoms with Gasteiger partial charge in [-0.2, -0.15) is 4.72 Å². The van der Waals surface area contributed by atoms with Gasteiger partial charge in [0.05, 0.1) is 12.2 Å². The third-order valence-electron chi connectivity index (χ3n) is 5.17. The maximum Gasteiger partial charge on any atom is 0.224 e. The Hall–Kier alpha value is -3.50. The van der Waals surface area contributed by atoms with Crippen molar-refractivity contribution in [3.05, 3.63) is 82.6 Å². The maximum absolute atomic E-state index is 12.7. The number of sulfonamides is 1. The van der Waals surface area contributed by atoms with Crippen molar-refractivity contribution < 1.29 is 18.0 Å². The first kappa shape index (κ1) is 24.1. The minimum Gasteiger partial charge on any atom is -0.384 e. The number of nitrogen functional groups attached to an aromatic ring is 1. The van der Waals surface area contributed by atoms with E-state index in [1.165, 1.54) is 0 Å². The topological polar surface area (TPSA) is 154 Å². The summed E-state index contributed by atoms with van der Waals surface area (Å²) >= 11 is 0. The Bertz CT molecular complexity index is 1180. The van der Waals surface area contributed by atoms with Crippen LogP contribution in [-0.4, -0.2) is 37.9 Å². The second kappa shape index (κ2) is 10.4. The highest BCUT2D eigenvalue weighted by molar-refractivity contribution is 7.89. The van der Waals surface area contributed by atoms with Gasteiger partial charge >= 0.3 is 0 Å². The Morgan fingerprint density at radius 2 is 1.94 bits per heavy atom. The molecule has 174 valence electrons. The second-order valence-electron chi connectivity index (χ2n) is 7.95. The lowest BCUT2D eigenvalue weighted by Gasteiger charge is -2.24. The number of hydrogen-bond donors (Lipinski definition) is 5. The Labute approximate surface area is 193 Å². The number of ketones is 1. The van der Waals surface area contributed by atoms with E-state index < -0.39 is 21.9 Å². The van der Waals surface area contributed by atoms with Gasteiger partial charge in [0.25, 0.3) is 0 Å². The summed E-state index contributed by atoms with van der Waals surface area (Å²) in [6, 6.07) is 6.96. The number of hydrogen-bond acceptors (Lipinski definition) is 6. The molecule has 1 aromatic rings. The minimum absolute atomic E-state index is 0.0143. The van der Waals surface area contributed by atoms with Crippen LogP contribution in [0.15, 0.2) is 71.5 Å². The Kier molecular flexibility index (Phi) is 7.62. The highest BCUT2D eigenvalue weighted by Crippen LogP contribution is 2.17. The molecule has 0 bridgehead atoms. The number of dihydropyridines is 1. The molecule has 6 N–H and O–H groups in total. The van der Waals surface area contributed by atoms with Gasteiger partial charge < -0.3 is 16.4 Å². The summed E-state index contributed by atoms with van der Waals surface area (Å²) in [5, 5.41) is 13.1. The van der Waals surface area contributed by atoms with E-state index in [9.17, 15) is 18.0 Å². The zero-order chi connectivity index (χ0) is 24.0. The highest BCUT2D eigenvalue weighted by Gasteiger charge is 2.26. The van der Waals surface area contributed by atoms with Crippen LogP contribution in [-0.2, 0) is 26.2 Å². The molecule has 1 amide bonds. The van der Waals surface area contributed by atoms with Gasteiger partial charge in [0.2, 0.25) is 15.9 Å². The molecule has 1 unspecified atom stereocenters. The molecule has 1 heterocycles. The SMILES string of the molecule is CC1=CC=C(CS(=O)(=O)NC2NC=CC=C2CC(=O)NCc2ccc(C(=N)N)cc2)C(=O)C1. The molecular weight excluding hydrogens is 442 g/mol. The molecule has 1 atom stereocenters. The van der Waals surface area contributed by atoms with Gasteiger partial charge in [-0.1, -0.05) is 48.1 Å². The Morgan fingerprint density at radius 1 is 1.21 bits per heavy atom. The Morgan fingerprint density at radius 3 is 2.61 bits per heavy atom. The van der Waals surface area contributed by atoms with Crippen LogP contribution in [0.25, 0.3) is 0 Å². The van der Waals surface area contributed by atoms with Gasteiger partial charge in [-0.25, -0.2) is 8.42 Å². The molecule has 0 saturated carbocycles. The molecule has 0 fully saturated rings. The quantitative estimate of drug-likeness (QED) is 0.270. The summed E-state index contributed by atoms with van der Waals surface area (Å²) in [4.78, 5) is 24.6. The van der Waals surface area contributed by atoms with Crippen molar-refractivity contribution in [3.8, 4) is 0 Å². The van der Waals surface area contributed by atoms with Crippen molar-refractivity contribution >= 4 is 27.5 Å². The van der Waals surface area contributed by atoms with E-state index in [0.717, 1.165) is 11.1 Å². The van der Waals surface area contributed by atoms with Crippen molar-refractivity contribution in [2.45, 2.75) is 32.5 Å². The smallest absolute Gasteiger partial charge is 0.224 e. The van der Waals surface area contributed by atoms with Crippen LogP contribution in [0.3, 0.4) is 0 Å². The third kappa shape index (κ3) is 6.99. The fourth-order valence-electron chi connectivity index (χ4n) is 3.36. The zero-order valence-corrected chi connectivity index (χ0v) is 19.0. The molecule has 0 aromatic heterocycles. The summed E-state index contributed by atoms with van der Waals surface area (Å²) in [6.07, 6.45) is 7.66. The monoisotopic (exact) mass is 469 g/mol. The van der Waals surface area contributed by atoms with Crippen LogP contribution >= 0.6 is 0 Å². The van der Waals surface area contributed by atoms with Gasteiger partial charge in [0, 0.05) is 24.1 Å². The van der Waals surface area contributed by atoms with Crippen molar-refractivity contribution in [2.24, 2.45) is 5.73 Å². The molecule has 0 radical (unpaired) electrons. The predicted molar refractivity (Wildman–Crippen MR) is 126 cm³/mol. The van der Waals surface area contributed by atoms with Gasteiger partial charge in [-0.3, -0.25) is 15.0 Å². The molecule has 0 spiro atoms. The van der Waals surface area contributed by atoms with Gasteiger partial charge in [0.15, 0.2) is 5.78 Å². The first-order valence-electron chi connectivity index (χ1n) is 10.3. The summed E-state index contributed by atoms with van der Waals surface area (Å²) < 4.78 is 27.9. The molecule has 33 heavy (non-hydrogen) atoms. The lowest BCUT2D eigenvalue weighted by atomic mass is 9.99. The van der Waals surface area contributed by atoms with E-state index in [4.69, 9.17) is 11.1 Å². The van der Waals surface area contributed by atoms with Crippen molar-refractivity contribution in [2.75, 3.05) is 5.75 Å². The van der Waals surface area contributed by atoms with Crippen LogP contribution < -0.4 is 21.1 Å². The minimum atomic E-state index is -3.83. The number of amidine groups is 1. The fourth-order valence-corrected chi connectivity index (χ4v) is 4.69. The molecule has 2 aliphatic rings. The molecule has 3 rings (SSSR count). The summed E-state index contributed by atoms with van der Waals surface area (Å²) in [5.74, 6) is -0.931. The molecule has 9 nitrogen and oxygen atoms in total. The molecule has 1 aliphatic carbocycles. The largest absolute Gasteiger partial charge is 0.384 e. The maximum atomic E-state index is 12.7. The van der Waals surface area contributed by atoms with Crippen LogP contribution in [0.4, 0.5) is 0 Å². The van der Waals surface area contributed by atoms with Crippen LogP contribution in [0.5, 0.6) is 0 Å². The van der Waals surface area contributed by atoms with Gasteiger partial charge in [-0.05, 0) is 30.3 Å². The lowest BCUT2D eigenvalue weighted by molar-refractivity contribution is -0.120. The van der Waals surface area contributed by atoms with E-state index in [-0.39, 0.29) is 42.5 Å². The Balaban J connectivity index is 1.57.